The number of aliphatic hydroxyl groups excluding tert-OH is 1. The zero-order valence-electron chi connectivity index (χ0n) is 10.5. The number of aryl methyl sites for hydroxylation is 1. The molecule has 8 heteroatoms. The highest BCUT2D eigenvalue weighted by molar-refractivity contribution is 7.89. The number of anilines is 1. The lowest BCUT2D eigenvalue weighted by molar-refractivity contribution is 0.213. The first-order valence-electron chi connectivity index (χ1n) is 5.81. The predicted octanol–water partition coefficient (Wildman–Crippen LogP) is -0.544. The van der Waals surface area contributed by atoms with Crippen molar-refractivity contribution < 1.29 is 13.5 Å². The Bertz CT molecular complexity index is 552. The summed E-state index contributed by atoms with van der Waals surface area (Å²) in [4.78, 5) is 0.0605. The van der Waals surface area contributed by atoms with Crippen LogP contribution in [0.2, 0.25) is 0 Å². The first-order valence-corrected chi connectivity index (χ1v) is 7.25. The van der Waals surface area contributed by atoms with Crippen LogP contribution >= 0.6 is 0 Å². The first kappa shape index (κ1) is 13.3. The third-order valence-corrected chi connectivity index (χ3v) is 5.52. The monoisotopic (exact) mass is 274 g/mol. The van der Waals surface area contributed by atoms with Gasteiger partial charge in [0.2, 0.25) is 10.0 Å². The third-order valence-electron chi connectivity index (χ3n) is 3.40. The minimum absolute atomic E-state index is 0.0126. The Morgan fingerprint density at radius 1 is 1.56 bits per heavy atom. The molecule has 0 unspecified atom stereocenters. The molecule has 1 atom stereocenters. The number of nitrogens with zero attached hydrogens (tertiary/aromatic N) is 3. The van der Waals surface area contributed by atoms with E-state index in [-0.39, 0.29) is 23.4 Å². The van der Waals surface area contributed by atoms with Crippen molar-refractivity contribution in [2.45, 2.75) is 30.7 Å². The molecule has 1 fully saturated rings. The zero-order chi connectivity index (χ0) is 13.5. The molecule has 1 aromatic heterocycles. The molecule has 0 aliphatic carbocycles. The van der Waals surface area contributed by atoms with Gasteiger partial charge in [-0.05, 0) is 19.8 Å². The van der Waals surface area contributed by atoms with Crippen molar-refractivity contribution >= 4 is 15.8 Å². The highest BCUT2D eigenvalue weighted by atomic mass is 32.2. The molecule has 1 aliphatic heterocycles. The standard InChI is InChI=1S/C10H18N4O3S/c1-7-9(10(11)12-13(7)2)18(16,17)14-5-3-4-8(14)6-15/h8,15H,3-6H2,1-2H3,(H2,11,12)/t8-/m1/s1. The van der Waals surface area contributed by atoms with Crippen LogP contribution in [-0.2, 0) is 17.1 Å². The van der Waals surface area contributed by atoms with Gasteiger partial charge in [-0.3, -0.25) is 4.68 Å². The summed E-state index contributed by atoms with van der Waals surface area (Å²) in [6.07, 6.45) is 1.43. The second kappa shape index (κ2) is 4.52. The molecular formula is C10H18N4O3S. The van der Waals surface area contributed by atoms with Crippen LogP contribution in [0.3, 0.4) is 0 Å². The van der Waals surface area contributed by atoms with E-state index in [1.807, 2.05) is 0 Å². The highest BCUT2D eigenvalue weighted by Crippen LogP contribution is 2.30. The number of hydrogen-bond donors (Lipinski definition) is 2. The molecule has 3 N–H and O–H groups in total. The Morgan fingerprint density at radius 2 is 2.22 bits per heavy atom. The van der Waals surface area contributed by atoms with E-state index in [9.17, 15) is 13.5 Å². The molecule has 7 nitrogen and oxygen atoms in total. The molecule has 0 bridgehead atoms. The summed E-state index contributed by atoms with van der Waals surface area (Å²) in [5, 5.41) is 13.2. The van der Waals surface area contributed by atoms with Gasteiger partial charge in [-0.2, -0.15) is 9.40 Å². The van der Waals surface area contributed by atoms with Crippen molar-refractivity contribution in [3.05, 3.63) is 5.69 Å². The maximum atomic E-state index is 12.5. The summed E-state index contributed by atoms with van der Waals surface area (Å²) in [6, 6.07) is -0.353. The molecule has 0 radical (unpaired) electrons. The van der Waals surface area contributed by atoms with Crippen LogP contribution in [0.1, 0.15) is 18.5 Å². The molecule has 1 saturated heterocycles. The number of rotatable bonds is 3. The number of nitrogens with two attached hydrogens (primary N) is 1. The first-order chi connectivity index (χ1) is 8.39. The number of sulfonamides is 1. The van der Waals surface area contributed by atoms with Gasteiger partial charge in [0.15, 0.2) is 5.82 Å². The maximum Gasteiger partial charge on any atom is 0.248 e. The van der Waals surface area contributed by atoms with E-state index in [2.05, 4.69) is 5.10 Å². The minimum atomic E-state index is -3.68. The molecule has 2 heterocycles. The molecule has 18 heavy (non-hydrogen) atoms. The third kappa shape index (κ3) is 1.90. The summed E-state index contributed by atoms with van der Waals surface area (Å²) in [6.45, 7) is 1.92. The second-order valence-electron chi connectivity index (χ2n) is 4.52. The normalized spacial score (nSPS) is 21.6. The summed E-state index contributed by atoms with van der Waals surface area (Å²) in [5.74, 6) is 0.0126. The van der Waals surface area contributed by atoms with Crippen LogP contribution in [0.5, 0.6) is 0 Å². The van der Waals surface area contributed by atoms with E-state index < -0.39 is 10.0 Å². The lowest BCUT2D eigenvalue weighted by atomic mass is 10.2. The van der Waals surface area contributed by atoms with Gasteiger partial charge in [0.25, 0.3) is 0 Å². The van der Waals surface area contributed by atoms with E-state index in [0.717, 1.165) is 6.42 Å². The molecule has 1 aromatic rings. The fourth-order valence-electron chi connectivity index (χ4n) is 2.36. The van der Waals surface area contributed by atoms with Crippen molar-refractivity contribution in [1.82, 2.24) is 14.1 Å². The summed E-state index contributed by atoms with van der Waals surface area (Å²) in [5.41, 5.74) is 6.19. The molecule has 0 amide bonds. The SMILES string of the molecule is Cc1c(S(=O)(=O)N2CCC[C@@H]2CO)c(N)nn1C. The van der Waals surface area contributed by atoms with E-state index in [1.54, 1.807) is 14.0 Å². The molecular weight excluding hydrogens is 256 g/mol. The van der Waals surface area contributed by atoms with E-state index in [1.165, 1.54) is 8.99 Å². The fourth-order valence-corrected chi connectivity index (χ4v) is 4.34. The molecule has 2 rings (SSSR count). The van der Waals surface area contributed by atoms with Gasteiger partial charge in [-0.25, -0.2) is 8.42 Å². The lowest BCUT2D eigenvalue weighted by Crippen LogP contribution is -2.38. The van der Waals surface area contributed by atoms with E-state index in [0.29, 0.717) is 18.7 Å². The Hall–Kier alpha value is -1.12. The van der Waals surface area contributed by atoms with Crippen molar-refractivity contribution in [3.63, 3.8) is 0 Å². The van der Waals surface area contributed by atoms with Gasteiger partial charge in [0.05, 0.1) is 12.3 Å². The molecule has 0 spiro atoms. The van der Waals surface area contributed by atoms with Gasteiger partial charge >= 0.3 is 0 Å². The van der Waals surface area contributed by atoms with Crippen molar-refractivity contribution in [2.75, 3.05) is 18.9 Å². The summed E-state index contributed by atoms with van der Waals surface area (Å²) in [7, 11) is -2.02. The molecule has 1 aliphatic rings. The number of hydrogen-bond acceptors (Lipinski definition) is 5. The Morgan fingerprint density at radius 3 is 2.72 bits per heavy atom. The number of nitrogen functional groups attached to an aromatic ring is 1. The zero-order valence-corrected chi connectivity index (χ0v) is 11.3. The predicted molar refractivity (Wildman–Crippen MR) is 66.4 cm³/mol. The molecule has 0 aromatic carbocycles. The fraction of sp³-hybridized carbons (Fsp3) is 0.700. The van der Waals surface area contributed by atoms with Gasteiger partial charge in [0, 0.05) is 19.6 Å². The van der Waals surface area contributed by atoms with Crippen molar-refractivity contribution in [3.8, 4) is 0 Å². The lowest BCUT2D eigenvalue weighted by Gasteiger charge is -2.22. The Balaban J connectivity index is 2.48. The van der Waals surface area contributed by atoms with Crippen LogP contribution in [0.4, 0.5) is 5.82 Å². The topological polar surface area (TPSA) is 101 Å². The smallest absolute Gasteiger partial charge is 0.248 e. The maximum absolute atomic E-state index is 12.5. The largest absolute Gasteiger partial charge is 0.395 e. The highest BCUT2D eigenvalue weighted by Gasteiger charge is 2.38. The van der Waals surface area contributed by atoms with E-state index >= 15 is 0 Å². The van der Waals surface area contributed by atoms with Gasteiger partial charge in [0.1, 0.15) is 4.90 Å². The quantitative estimate of drug-likeness (QED) is 0.770. The van der Waals surface area contributed by atoms with Gasteiger partial charge in [-0.15, -0.1) is 0 Å². The van der Waals surface area contributed by atoms with E-state index in [4.69, 9.17) is 5.73 Å². The van der Waals surface area contributed by atoms with Crippen LogP contribution in [0.15, 0.2) is 4.90 Å². The summed E-state index contributed by atoms with van der Waals surface area (Å²) < 4.78 is 27.9. The Kier molecular flexibility index (Phi) is 3.35. The Labute approximate surface area is 106 Å². The minimum Gasteiger partial charge on any atom is -0.395 e. The molecule has 102 valence electrons. The van der Waals surface area contributed by atoms with Crippen LogP contribution < -0.4 is 5.73 Å². The second-order valence-corrected chi connectivity index (χ2v) is 6.35. The van der Waals surface area contributed by atoms with Gasteiger partial charge < -0.3 is 10.8 Å². The molecule has 0 saturated carbocycles. The van der Waals surface area contributed by atoms with Crippen molar-refractivity contribution in [2.24, 2.45) is 7.05 Å². The van der Waals surface area contributed by atoms with Crippen LogP contribution in [-0.4, -0.2) is 46.8 Å². The van der Waals surface area contributed by atoms with Crippen LogP contribution in [0.25, 0.3) is 0 Å². The van der Waals surface area contributed by atoms with Crippen molar-refractivity contribution in [1.29, 1.82) is 0 Å². The average Bonchev–Trinajstić information content (AvgIpc) is 2.85. The number of aromatic nitrogens is 2. The van der Waals surface area contributed by atoms with Gasteiger partial charge in [-0.1, -0.05) is 0 Å². The summed E-state index contributed by atoms with van der Waals surface area (Å²) >= 11 is 0. The average molecular weight is 274 g/mol. The number of aliphatic hydroxyl groups is 1. The van der Waals surface area contributed by atoms with Crippen LogP contribution in [0, 0.1) is 6.92 Å².